The highest BCUT2D eigenvalue weighted by Crippen LogP contribution is 2.23. The van der Waals surface area contributed by atoms with Gasteiger partial charge >= 0.3 is 0 Å². The highest BCUT2D eigenvalue weighted by molar-refractivity contribution is 6.02. The summed E-state index contributed by atoms with van der Waals surface area (Å²) in [5, 5.41) is 9.06. The highest BCUT2D eigenvalue weighted by Gasteiger charge is 2.24. The normalized spacial score (nSPS) is 11.7. The van der Waals surface area contributed by atoms with Crippen molar-refractivity contribution in [3.8, 4) is 6.07 Å². The molecule has 0 saturated heterocycles. The Balaban J connectivity index is 2.42. The smallest absolute Gasteiger partial charge is 0.187 e. The molecule has 2 aromatic rings. The van der Waals surface area contributed by atoms with Crippen molar-refractivity contribution in [2.45, 2.75) is 5.92 Å². The van der Waals surface area contributed by atoms with E-state index in [1.54, 1.807) is 6.07 Å². The number of benzene rings is 2. The summed E-state index contributed by atoms with van der Waals surface area (Å²) >= 11 is 0. The zero-order valence-electron chi connectivity index (χ0n) is 10.1. The maximum Gasteiger partial charge on any atom is 0.187 e. The van der Waals surface area contributed by atoms with Crippen LogP contribution in [0, 0.1) is 28.8 Å². The second kappa shape index (κ2) is 5.57. The van der Waals surface area contributed by atoms with Gasteiger partial charge in [0.25, 0.3) is 0 Å². The first-order valence-electron chi connectivity index (χ1n) is 5.67. The van der Waals surface area contributed by atoms with Crippen molar-refractivity contribution < 1.29 is 18.0 Å². The largest absolute Gasteiger partial charge is 0.292 e. The standard InChI is InChI=1S/C15H8F3NO/c16-10-3-1-9(2-4-10)13(8-19)15(20)12-7-11(17)5-6-14(12)18/h1-7,13H. The molecule has 100 valence electrons. The van der Waals surface area contributed by atoms with Crippen LogP contribution in [-0.4, -0.2) is 5.78 Å². The lowest BCUT2D eigenvalue weighted by molar-refractivity contribution is 0.0974. The Morgan fingerprint density at radius 2 is 1.60 bits per heavy atom. The molecule has 0 aromatic heterocycles. The minimum atomic E-state index is -1.31. The van der Waals surface area contributed by atoms with Crippen LogP contribution in [0.25, 0.3) is 0 Å². The molecule has 0 spiro atoms. The number of hydrogen-bond acceptors (Lipinski definition) is 2. The molecule has 5 heteroatoms. The van der Waals surface area contributed by atoms with Crippen molar-refractivity contribution in [3.05, 3.63) is 71.0 Å². The Hall–Kier alpha value is -2.61. The minimum Gasteiger partial charge on any atom is -0.292 e. The summed E-state index contributed by atoms with van der Waals surface area (Å²) in [6.45, 7) is 0. The van der Waals surface area contributed by atoms with Gasteiger partial charge in [-0.3, -0.25) is 4.79 Å². The van der Waals surface area contributed by atoms with Crippen LogP contribution in [0.3, 0.4) is 0 Å². The van der Waals surface area contributed by atoms with E-state index in [-0.39, 0.29) is 5.56 Å². The average Bonchev–Trinajstić information content (AvgIpc) is 2.44. The molecule has 2 aromatic carbocycles. The molecule has 0 heterocycles. The van der Waals surface area contributed by atoms with Gasteiger partial charge in [-0.2, -0.15) is 5.26 Å². The average molecular weight is 275 g/mol. The fraction of sp³-hybridized carbons (Fsp3) is 0.0667. The fourth-order valence-corrected chi connectivity index (χ4v) is 1.78. The van der Waals surface area contributed by atoms with Gasteiger partial charge in [-0.15, -0.1) is 0 Å². The number of nitriles is 1. The Morgan fingerprint density at radius 3 is 2.20 bits per heavy atom. The SMILES string of the molecule is N#CC(C(=O)c1cc(F)ccc1F)c1ccc(F)cc1. The van der Waals surface area contributed by atoms with E-state index in [1.807, 2.05) is 0 Å². The van der Waals surface area contributed by atoms with Crippen molar-refractivity contribution in [1.29, 1.82) is 5.26 Å². The van der Waals surface area contributed by atoms with Crippen molar-refractivity contribution in [3.63, 3.8) is 0 Å². The summed E-state index contributed by atoms with van der Waals surface area (Å²) in [5.41, 5.74) is -0.275. The number of rotatable bonds is 3. The maximum absolute atomic E-state index is 13.5. The van der Waals surface area contributed by atoms with Gasteiger partial charge in [-0.1, -0.05) is 12.1 Å². The number of nitrogens with zero attached hydrogens (tertiary/aromatic N) is 1. The van der Waals surface area contributed by atoms with Gasteiger partial charge in [0.15, 0.2) is 5.78 Å². The molecule has 1 atom stereocenters. The molecule has 2 rings (SSSR count). The predicted octanol–water partition coefficient (Wildman–Crippen LogP) is 3.59. The highest BCUT2D eigenvalue weighted by atomic mass is 19.1. The van der Waals surface area contributed by atoms with Gasteiger partial charge in [-0.25, -0.2) is 13.2 Å². The predicted molar refractivity (Wildman–Crippen MR) is 65.4 cm³/mol. The van der Waals surface area contributed by atoms with Gasteiger partial charge in [0, 0.05) is 0 Å². The number of Topliss-reactive ketones (excluding diaryl/α,β-unsaturated/α-hetero) is 1. The monoisotopic (exact) mass is 275 g/mol. The van der Waals surface area contributed by atoms with Gasteiger partial charge < -0.3 is 0 Å². The molecular formula is C15H8F3NO. The Labute approximate surface area is 113 Å². The topological polar surface area (TPSA) is 40.9 Å². The van der Waals surface area contributed by atoms with Crippen molar-refractivity contribution >= 4 is 5.78 Å². The van der Waals surface area contributed by atoms with Crippen molar-refractivity contribution in [2.24, 2.45) is 0 Å². The minimum absolute atomic E-state index is 0.225. The molecule has 0 aliphatic carbocycles. The Bertz CT molecular complexity index is 689. The Morgan fingerprint density at radius 1 is 1.00 bits per heavy atom. The van der Waals surface area contributed by atoms with Crippen LogP contribution in [0.15, 0.2) is 42.5 Å². The molecule has 2 nitrogen and oxygen atoms in total. The molecule has 0 aliphatic rings. The summed E-state index contributed by atoms with van der Waals surface area (Å²) in [7, 11) is 0. The second-order valence-electron chi connectivity index (χ2n) is 4.10. The molecule has 0 radical (unpaired) electrons. The van der Waals surface area contributed by atoms with E-state index in [0.717, 1.165) is 30.3 Å². The van der Waals surface area contributed by atoms with Crippen LogP contribution in [0.2, 0.25) is 0 Å². The first-order valence-corrected chi connectivity index (χ1v) is 5.67. The van der Waals surface area contributed by atoms with Crippen LogP contribution in [0.4, 0.5) is 13.2 Å². The van der Waals surface area contributed by atoms with Gasteiger partial charge in [0.05, 0.1) is 11.6 Å². The van der Waals surface area contributed by atoms with E-state index in [4.69, 9.17) is 5.26 Å². The van der Waals surface area contributed by atoms with Crippen LogP contribution in [0.5, 0.6) is 0 Å². The first-order chi connectivity index (χ1) is 9.52. The fourth-order valence-electron chi connectivity index (χ4n) is 1.78. The van der Waals surface area contributed by atoms with E-state index >= 15 is 0 Å². The molecule has 0 saturated carbocycles. The third kappa shape index (κ3) is 2.69. The summed E-state index contributed by atoms with van der Waals surface area (Å²) in [6.07, 6.45) is 0. The van der Waals surface area contributed by atoms with E-state index in [1.165, 1.54) is 12.1 Å². The van der Waals surface area contributed by atoms with E-state index in [9.17, 15) is 18.0 Å². The van der Waals surface area contributed by atoms with Crippen LogP contribution >= 0.6 is 0 Å². The van der Waals surface area contributed by atoms with Crippen LogP contribution in [0.1, 0.15) is 21.8 Å². The van der Waals surface area contributed by atoms with Gasteiger partial charge in [0.1, 0.15) is 23.4 Å². The molecule has 0 N–H and O–H groups in total. The number of halogens is 3. The summed E-state index contributed by atoms with van der Waals surface area (Å²) in [4.78, 5) is 12.1. The van der Waals surface area contributed by atoms with E-state index < -0.39 is 34.7 Å². The molecular weight excluding hydrogens is 267 g/mol. The second-order valence-corrected chi connectivity index (χ2v) is 4.10. The van der Waals surface area contributed by atoms with Crippen molar-refractivity contribution in [1.82, 2.24) is 0 Å². The molecule has 1 unspecified atom stereocenters. The molecule has 0 amide bonds. The van der Waals surface area contributed by atoms with Crippen LogP contribution < -0.4 is 0 Å². The Kier molecular flexibility index (Phi) is 3.85. The number of carbonyl (C=O) groups is 1. The third-order valence-electron chi connectivity index (χ3n) is 2.79. The van der Waals surface area contributed by atoms with E-state index in [2.05, 4.69) is 0 Å². The summed E-state index contributed by atoms with van der Waals surface area (Å²) in [6, 6.07) is 8.87. The summed E-state index contributed by atoms with van der Waals surface area (Å²) in [5.74, 6) is -4.37. The quantitative estimate of drug-likeness (QED) is 0.803. The lowest BCUT2D eigenvalue weighted by Gasteiger charge is -2.09. The first kappa shape index (κ1) is 13.8. The van der Waals surface area contributed by atoms with Gasteiger partial charge in [-0.05, 0) is 35.9 Å². The molecule has 0 bridgehead atoms. The third-order valence-corrected chi connectivity index (χ3v) is 2.79. The number of hydrogen-bond donors (Lipinski definition) is 0. The lowest BCUT2D eigenvalue weighted by Crippen LogP contribution is -2.13. The van der Waals surface area contributed by atoms with Crippen molar-refractivity contribution in [2.75, 3.05) is 0 Å². The van der Waals surface area contributed by atoms with E-state index in [0.29, 0.717) is 0 Å². The van der Waals surface area contributed by atoms with Crippen LogP contribution in [-0.2, 0) is 0 Å². The molecule has 20 heavy (non-hydrogen) atoms. The molecule has 0 fully saturated rings. The number of carbonyl (C=O) groups excluding carboxylic acids is 1. The lowest BCUT2D eigenvalue weighted by atomic mass is 9.91. The zero-order chi connectivity index (χ0) is 14.7. The molecule has 0 aliphatic heterocycles. The zero-order valence-corrected chi connectivity index (χ0v) is 10.1. The number of ketones is 1. The van der Waals surface area contributed by atoms with Gasteiger partial charge in [0.2, 0.25) is 0 Å². The maximum atomic E-state index is 13.5. The summed E-state index contributed by atoms with van der Waals surface area (Å²) < 4.78 is 39.4.